The van der Waals surface area contributed by atoms with Gasteiger partial charge in [0.25, 0.3) is 5.91 Å². The number of benzene rings is 1. The molecule has 0 aliphatic heterocycles. The number of aromatic nitrogens is 3. The fourth-order valence-corrected chi connectivity index (χ4v) is 2.88. The van der Waals surface area contributed by atoms with E-state index in [-0.39, 0.29) is 24.3 Å². The Morgan fingerprint density at radius 3 is 2.76 bits per heavy atom. The third-order valence-electron chi connectivity index (χ3n) is 4.41. The summed E-state index contributed by atoms with van der Waals surface area (Å²) in [6.07, 6.45) is 4.23. The highest BCUT2D eigenvalue weighted by molar-refractivity contribution is 5.94. The van der Waals surface area contributed by atoms with Gasteiger partial charge in [-0.2, -0.15) is 0 Å². The minimum absolute atomic E-state index is 0.138. The van der Waals surface area contributed by atoms with Gasteiger partial charge >= 0.3 is 0 Å². The second-order valence-corrected chi connectivity index (χ2v) is 6.27. The Bertz CT molecular complexity index is 905. The monoisotopic (exact) mass is 340 g/mol. The lowest BCUT2D eigenvalue weighted by molar-refractivity contribution is 0.0602. The summed E-state index contributed by atoms with van der Waals surface area (Å²) in [6, 6.07) is 9.29. The summed E-state index contributed by atoms with van der Waals surface area (Å²) >= 11 is 0. The molecule has 4 rings (SSSR count). The minimum Gasteiger partial charge on any atom is -0.387 e. The van der Waals surface area contributed by atoms with Crippen LogP contribution >= 0.6 is 0 Å². The van der Waals surface area contributed by atoms with Crippen molar-refractivity contribution in [2.45, 2.75) is 25.0 Å². The lowest BCUT2D eigenvalue weighted by atomic mass is 10.1. The molecule has 1 aliphatic rings. The molecule has 1 unspecified atom stereocenters. The van der Waals surface area contributed by atoms with E-state index in [1.54, 1.807) is 46.1 Å². The lowest BCUT2D eigenvalue weighted by Gasteiger charge is -2.25. The number of halogens is 1. The van der Waals surface area contributed by atoms with Crippen molar-refractivity contribution in [1.82, 2.24) is 19.5 Å². The molecule has 25 heavy (non-hydrogen) atoms. The van der Waals surface area contributed by atoms with Crippen molar-refractivity contribution in [3.05, 3.63) is 65.9 Å². The average molecular weight is 340 g/mol. The van der Waals surface area contributed by atoms with Crippen molar-refractivity contribution < 1.29 is 14.3 Å². The lowest BCUT2D eigenvalue weighted by Crippen LogP contribution is -2.36. The Hall–Kier alpha value is -2.80. The molecule has 0 spiro atoms. The first-order valence-corrected chi connectivity index (χ1v) is 8.16. The number of nitrogens with zero attached hydrogens (tertiary/aromatic N) is 4. The molecular weight excluding hydrogens is 323 g/mol. The topological polar surface area (TPSA) is 70.7 Å². The molecule has 1 aliphatic carbocycles. The second-order valence-electron chi connectivity index (χ2n) is 6.27. The van der Waals surface area contributed by atoms with Crippen molar-refractivity contribution >= 4 is 11.6 Å². The molecule has 0 radical (unpaired) electrons. The first-order valence-electron chi connectivity index (χ1n) is 8.16. The van der Waals surface area contributed by atoms with E-state index in [1.807, 2.05) is 0 Å². The van der Waals surface area contributed by atoms with Crippen molar-refractivity contribution in [1.29, 1.82) is 0 Å². The Balaban J connectivity index is 1.56. The molecule has 1 amide bonds. The second kappa shape index (κ2) is 6.25. The first kappa shape index (κ1) is 15.7. The summed E-state index contributed by atoms with van der Waals surface area (Å²) < 4.78 is 14.7. The quantitative estimate of drug-likeness (QED) is 0.773. The molecule has 7 heteroatoms. The predicted octanol–water partition coefficient (Wildman–Crippen LogP) is 2.21. The number of aliphatic hydroxyl groups excluding tert-OH is 1. The van der Waals surface area contributed by atoms with Crippen LogP contribution in [0.15, 0.2) is 48.9 Å². The number of fused-ring (bicyclic) bond motifs is 1. The van der Waals surface area contributed by atoms with Crippen LogP contribution in [0.4, 0.5) is 4.39 Å². The van der Waals surface area contributed by atoms with E-state index in [0.717, 1.165) is 12.8 Å². The van der Waals surface area contributed by atoms with E-state index in [4.69, 9.17) is 0 Å². The predicted molar refractivity (Wildman–Crippen MR) is 88.4 cm³/mol. The summed E-state index contributed by atoms with van der Waals surface area (Å²) in [4.78, 5) is 14.6. The molecule has 1 saturated carbocycles. The minimum atomic E-state index is -0.858. The Morgan fingerprint density at radius 2 is 2.04 bits per heavy atom. The van der Waals surface area contributed by atoms with E-state index in [9.17, 15) is 14.3 Å². The Kier molecular flexibility index (Phi) is 3.93. The molecule has 128 valence electrons. The van der Waals surface area contributed by atoms with Crippen molar-refractivity contribution in [3.8, 4) is 0 Å². The molecule has 1 atom stereocenters. The number of rotatable bonds is 5. The van der Waals surface area contributed by atoms with Crippen LogP contribution in [0.2, 0.25) is 0 Å². The van der Waals surface area contributed by atoms with Crippen molar-refractivity contribution in [2.24, 2.45) is 0 Å². The van der Waals surface area contributed by atoms with Gasteiger partial charge in [-0.1, -0.05) is 12.1 Å². The summed E-state index contributed by atoms with van der Waals surface area (Å²) in [5.41, 5.74) is 1.78. The number of hydrogen-bond acceptors (Lipinski definition) is 4. The molecule has 1 aromatic carbocycles. The zero-order valence-corrected chi connectivity index (χ0v) is 13.4. The SMILES string of the molecule is O=C(c1ccc2nncn2c1)N(CC(O)c1ccc(F)cc1)C1CC1. The van der Waals surface area contributed by atoms with Gasteiger partial charge < -0.3 is 10.0 Å². The maximum Gasteiger partial charge on any atom is 0.255 e. The maximum absolute atomic E-state index is 13.0. The standard InChI is InChI=1S/C18H17FN4O2/c19-14-4-1-12(2-5-14)16(24)10-23(15-6-7-15)18(25)13-3-8-17-21-20-11-22(17)9-13/h1-5,8-9,11,15-16,24H,6-7,10H2. The van der Waals surface area contributed by atoms with E-state index in [2.05, 4.69) is 10.2 Å². The molecule has 6 nitrogen and oxygen atoms in total. The summed E-state index contributed by atoms with van der Waals surface area (Å²) in [6.45, 7) is 0.176. The maximum atomic E-state index is 13.0. The first-order chi connectivity index (χ1) is 12.1. The molecule has 0 bridgehead atoms. The van der Waals surface area contributed by atoms with Gasteiger partial charge in [0, 0.05) is 12.2 Å². The van der Waals surface area contributed by atoms with Crippen LogP contribution < -0.4 is 0 Å². The van der Waals surface area contributed by atoms with Gasteiger partial charge in [-0.15, -0.1) is 10.2 Å². The van der Waals surface area contributed by atoms with E-state index in [0.29, 0.717) is 16.8 Å². The fourth-order valence-electron chi connectivity index (χ4n) is 2.88. The molecule has 3 aromatic rings. The van der Waals surface area contributed by atoms with Crippen LogP contribution in [0, 0.1) is 5.82 Å². The highest BCUT2D eigenvalue weighted by atomic mass is 19.1. The highest BCUT2D eigenvalue weighted by Crippen LogP contribution is 2.30. The smallest absolute Gasteiger partial charge is 0.255 e. The van der Waals surface area contributed by atoms with Crippen molar-refractivity contribution in [3.63, 3.8) is 0 Å². The number of pyridine rings is 1. The third kappa shape index (κ3) is 3.23. The molecule has 1 N–H and O–H groups in total. The van der Waals surface area contributed by atoms with Gasteiger partial charge in [-0.25, -0.2) is 4.39 Å². The van der Waals surface area contributed by atoms with Crippen LogP contribution in [0.25, 0.3) is 5.65 Å². The summed E-state index contributed by atoms with van der Waals surface area (Å²) in [5, 5.41) is 18.2. The van der Waals surface area contributed by atoms with Gasteiger partial charge in [-0.05, 0) is 42.7 Å². The largest absolute Gasteiger partial charge is 0.387 e. The van der Waals surface area contributed by atoms with E-state index >= 15 is 0 Å². The van der Waals surface area contributed by atoms with Gasteiger partial charge in [0.05, 0.1) is 18.2 Å². The van der Waals surface area contributed by atoms with Crippen LogP contribution in [-0.2, 0) is 0 Å². The van der Waals surface area contributed by atoms with Crippen LogP contribution in [-0.4, -0.2) is 43.1 Å². The van der Waals surface area contributed by atoms with Crippen LogP contribution in [0.3, 0.4) is 0 Å². The van der Waals surface area contributed by atoms with Crippen LogP contribution in [0.5, 0.6) is 0 Å². The summed E-state index contributed by atoms with van der Waals surface area (Å²) in [7, 11) is 0. The molecule has 2 aromatic heterocycles. The number of amides is 1. The fraction of sp³-hybridized carbons (Fsp3) is 0.278. The van der Waals surface area contributed by atoms with Gasteiger partial charge in [0.15, 0.2) is 5.65 Å². The van der Waals surface area contributed by atoms with Crippen LogP contribution in [0.1, 0.15) is 34.9 Å². The van der Waals surface area contributed by atoms with Crippen molar-refractivity contribution in [2.75, 3.05) is 6.54 Å². The highest BCUT2D eigenvalue weighted by Gasteiger charge is 2.34. The number of hydrogen-bond donors (Lipinski definition) is 1. The molecule has 0 saturated heterocycles. The zero-order valence-electron chi connectivity index (χ0n) is 13.4. The van der Waals surface area contributed by atoms with E-state index < -0.39 is 6.10 Å². The number of aliphatic hydroxyl groups is 1. The van der Waals surface area contributed by atoms with Gasteiger partial charge in [0.1, 0.15) is 12.1 Å². The molecule has 1 fully saturated rings. The Morgan fingerprint density at radius 1 is 1.28 bits per heavy atom. The zero-order chi connectivity index (χ0) is 17.4. The van der Waals surface area contributed by atoms with E-state index in [1.165, 1.54) is 12.1 Å². The van der Waals surface area contributed by atoms with Gasteiger partial charge in [-0.3, -0.25) is 9.20 Å². The summed E-state index contributed by atoms with van der Waals surface area (Å²) in [5.74, 6) is -0.493. The normalized spacial score (nSPS) is 15.3. The molecule has 2 heterocycles. The third-order valence-corrected chi connectivity index (χ3v) is 4.41. The Labute approximate surface area is 143 Å². The number of carbonyl (C=O) groups excluding carboxylic acids is 1. The average Bonchev–Trinajstić information content (AvgIpc) is 3.35. The number of carbonyl (C=O) groups is 1. The molecular formula is C18H17FN4O2. The van der Waals surface area contributed by atoms with Gasteiger partial charge in [0.2, 0.25) is 0 Å².